The molecule has 2 rings (SSSR count). The van der Waals surface area contributed by atoms with Gasteiger partial charge in [0.2, 0.25) is 0 Å². The van der Waals surface area contributed by atoms with E-state index in [9.17, 15) is 9.18 Å². The summed E-state index contributed by atoms with van der Waals surface area (Å²) in [4.78, 5) is 11.2. The first-order chi connectivity index (χ1) is 8.66. The van der Waals surface area contributed by atoms with Crippen molar-refractivity contribution < 1.29 is 9.18 Å². The molecule has 2 aromatic carbocycles. The Balaban J connectivity index is 2.09. The monoisotopic (exact) mass is 243 g/mol. The van der Waals surface area contributed by atoms with Gasteiger partial charge in [-0.25, -0.2) is 4.39 Å². The Labute approximate surface area is 105 Å². The summed E-state index contributed by atoms with van der Waals surface area (Å²) in [5.74, 6) is -0.211. The highest BCUT2D eigenvalue weighted by Crippen LogP contribution is 2.14. The highest BCUT2D eigenvalue weighted by atomic mass is 19.1. The molecule has 0 unspecified atom stereocenters. The predicted molar refractivity (Wildman–Crippen MR) is 70.2 cm³/mol. The van der Waals surface area contributed by atoms with Gasteiger partial charge < -0.3 is 5.32 Å². The number of benzene rings is 2. The average molecular weight is 243 g/mol. The van der Waals surface area contributed by atoms with Crippen LogP contribution in [0.2, 0.25) is 0 Å². The molecule has 2 aromatic rings. The van der Waals surface area contributed by atoms with Gasteiger partial charge in [-0.05, 0) is 25.1 Å². The van der Waals surface area contributed by atoms with E-state index in [4.69, 9.17) is 0 Å². The normalized spacial score (nSPS) is 10.1. The van der Waals surface area contributed by atoms with Crippen LogP contribution in [0.5, 0.6) is 0 Å². The number of rotatable bonds is 4. The maximum absolute atomic E-state index is 13.4. The SMILES string of the molecule is CC(=O)c1cccc(NCc2ccccc2F)c1. The first-order valence-electron chi connectivity index (χ1n) is 5.75. The van der Waals surface area contributed by atoms with E-state index >= 15 is 0 Å². The van der Waals surface area contributed by atoms with Gasteiger partial charge in [0.05, 0.1) is 0 Å². The fraction of sp³-hybridized carbons (Fsp3) is 0.133. The van der Waals surface area contributed by atoms with Crippen molar-refractivity contribution in [1.82, 2.24) is 0 Å². The molecule has 0 fully saturated rings. The lowest BCUT2D eigenvalue weighted by molar-refractivity contribution is 0.101. The number of Topliss-reactive ketones (excluding diaryl/α,β-unsaturated/α-hetero) is 1. The lowest BCUT2D eigenvalue weighted by Gasteiger charge is -2.08. The topological polar surface area (TPSA) is 29.1 Å². The molecule has 0 aliphatic carbocycles. The number of ketones is 1. The van der Waals surface area contributed by atoms with Crippen LogP contribution < -0.4 is 5.32 Å². The molecule has 0 saturated carbocycles. The number of anilines is 1. The van der Waals surface area contributed by atoms with Crippen molar-refractivity contribution in [2.24, 2.45) is 0 Å². The molecule has 0 bridgehead atoms. The molecule has 3 heteroatoms. The molecule has 92 valence electrons. The maximum Gasteiger partial charge on any atom is 0.159 e. The summed E-state index contributed by atoms with van der Waals surface area (Å²) in [5.41, 5.74) is 2.06. The Hall–Kier alpha value is -2.16. The summed E-state index contributed by atoms with van der Waals surface area (Å²) >= 11 is 0. The molecule has 0 aliphatic rings. The molecular weight excluding hydrogens is 229 g/mol. The Morgan fingerprint density at radius 1 is 1.17 bits per heavy atom. The minimum absolute atomic E-state index is 0.0181. The van der Waals surface area contributed by atoms with Gasteiger partial charge in [-0.1, -0.05) is 30.3 Å². The van der Waals surface area contributed by atoms with Crippen molar-refractivity contribution in [2.45, 2.75) is 13.5 Å². The molecule has 0 aromatic heterocycles. The first kappa shape index (κ1) is 12.3. The fourth-order valence-electron chi connectivity index (χ4n) is 1.69. The van der Waals surface area contributed by atoms with Crippen molar-refractivity contribution >= 4 is 11.5 Å². The van der Waals surface area contributed by atoms with Crippen LogP contribution in [0.25, 0.3) is 0 Å². The zero-order valence-corrected chi connectivity index (χ0v) is 10.1. The van der Waals surface area contributed by atoms with E-state index < -0.39 is 0 Å². The van der Waals surface area contributed by atoms with E-state index in [1.165, 1.54) is 13.0 Å². The third-order valence-corrected chi connectivity index (χ3v) is 2.71. The molecule has 0 saturated heterocycles. The van der Waals surface area contributed by atoms with Gasteiger partial charge in [0.1, 0.15) is 5.82 Å². The van der Waals surface area contributed by atoms with Gasteiger partial charge in [-0.15, -0.1) is 0 Å². The van der Waals surface area contributed by atoms with Crippen molar-refractivity contribution in [3.8, 4) is 0 Å². The Bertz CT molecular complexity index is 566. The number of carbonyl (C=O) groups is 1. The largest absolute Gasteiger partial charge is 0.381 e. The number of hydrogen-bond donors (Lipinski definition) is 1. The molecule has 0 radical (unpaired) electrons. The number of hydrogen-bond acceptors (Lipinski definition) is 2. The van der Waals surface area contributed by atoms with E-state index in [-0.39, 0.29) is 11.6 Å². The Morgan fingerprint density at radius 3 is 2.67 bits per heavy atom. The van der Waals surface area contributed by atoms with E-state index in [2.05, 4.69) is 5.32 Å². The van der Waals surface area contributed by atoms with E-state index in [1.54, 1.807) is 36.4 Å². The summed E-state index contributed by atoms with van der Waals surface area (Å²) in [6, 6.07) is 13.8. The minimum Gasteiger partial charge on any atom is -0.381 e. The summed E-state index contributed by atoms with van der Waals surface area (Å²) in [6.45, 7) is 1.92. The molecule has 18 heavy (non-hydrogen) atoms. The van der Waals surface area contributed by atoms with Crippen molar-refractivity contribution in [2.75, 3.05) is 5.32 Å². The Morgan fingerprint density at radius 2 is 1.94 bits per heavy atom. The summed E-state index contributed by atoms with van der Waals surface area (Å²) in [6.07, 6.45) is 0. The zero-order chi connectivity index (χ0) is 13.0. The summed E-state index contributed by atoms with van der Waals surface area (Å²) in [7, 11) is 0. The van der Waals surface area contributed by atoms with Crippen LogP contribution in [-0.2, 0) is 6.54 Å². The van der Waals surface area contributed by atoms with Crippen LogP contribution in [0.1, 0.15) is 22.8 Å². The van der Waals surface area contributed by atoms with E-state index in [1.807, 2.05) is 6.07 Å². The smallest absolute Gasteiger partial charge is 0.159 e. The zero-order valence-electron chi connectivity index (χ0n) is 10.1. The van der Waals surface area contributed by atoms with Crippen molar-refractivity contribution in [3.63, 3.8) is 0 Å². The van der Waals surface area contributed by atoms with Crippen LogP contribution >= 0.6 is 0 Å². The molecule has 0 atom stereocenters. The highest BCUT2D eigenvalue weighted by molar-refractivity contribution is 5.94. The molecular formula is C15H14FNO. The second kappa shape index (κ2) is 5.45. The van der Waals surface area contributed by atoms with Crippen LogP contribution in [0.3, 0.4) is 0 Å². The third kappa shape index (κ3) is 2.94. The molecule has 0 spiro atoms. The van der Waals surface area contributed by atoms with Gasteiger partial charge in [0.15, 0.2) is 5.78 Å². The molecule has 0 heterocycles. The predicted octanol–water partition coefficient (Wildman–Crippen LogP) is 3.64. The average Bonchev–Trinajstić information content (AvgIpc) is 2.38. The molecule has 2 nitrogen and oxygen atoms in total. The second-order valence-electron chi connectivity index (χ2n) is 4.08. The van der Waals surface area contributed by atoms with Crippen LogP contribution in [0.15, 0.2) is 48.5 Å². The standard InChI is InChI=1S/C15H14FNO/c1-11(18)12-6-4-7-14(9-12)17-10-13-5-2-3-8-15(13)16/h2-9,17H,10H2,1H3. The van der Waals surface area contributed by atoms with Gasteiger partial charge in [-0.2, -0.15) is 0 Å². The summed E-state index contributed by atoms with van der Waals surface area (Å²) < 4.78 is 13.4. The second-order valence-corrected chi connectivity index (χ2v) is 4.08. The summed E-state index contributed by atoms with van der Waals surface area (Å²) in [5, 5.41) is 3.10. The van der Waals surface area contributed by atoms with Gasteiger partial charge in [0.25, 0.3) is 0 Å². The number of nitrogens with one attached hydrogen (secondary N) is 1. The number of halogens is 1. The lowest BCUT2D eigenvalue weighted by Crippen LogP contribution is -2.02. The van der Waals surface area contributed by atoms with Crippen LogP contribution in [0, 0.1) is 5.82 Å². The lowest BCUT2D eigenvalue weighted by atomic mass is 10.1. The molecule has 1 N–H and O–H groups in total. The van der Waals surface area contributed by atoms with Crippen molar-refractivity contribution in [1.29, 1.82) is 0 Å². The fourth-order valence-corrected chi connectivity index (χ4v) is 1.69. The quantitative estimate of drug-likeness (QED) is 0.830. The molecule has 0 aliphatic heterocycles. The Kier molecular flexibility index (Phi) is 3.72. The first-order valence-corrected chi connectivity index (χ1v) is 5.75. The van der Waals surface area contributed by atoms with Gasteiger partial charge in [-0.3, -0.25) is 4.79 Å². The van der Waals surface area contributed by atoms with E-state index in [0.29, 0.717) is 17.7 Å². The van der Waals surface area contributed by atoms with Crippen molar-refractivity contribution in [3.05, 3.63) is 65.5 Å². The third-order valence-electron chi connectivity index (χ3n) is 2.71. The van der Waals surface area contributed by atoms with Crippen LogP contribution in [-0.4, -0.2) is 5.78 Å². The number of carbonyl (C=O) groups excluding carboxylic acids is 1. The molecule has 0 amide bonds. The van der Waals surface area contributed by atoms with Crippen LogP contribution in [0.4, 0.5) is 10.1 Å². The van der Waals surface area contributed by atoms with Gasteiger partial charge >= 0.3 is 0 Å². The van der Waals surface area contributed by atoms with Gasteiger partial charge in [0, 0.05) is 23.4 Å². The maximum atomic E-state index is 13.4. The minimum atomic E-state index is -0.229. The van der Waals surface area contributed by atoms with E-state index in [0.717, 1.165) is 5.69 Å². The highest BCUT2D eigenvalue weighted by Gasteiger charge is 2.02.